The summed E-state index contributed by atoms with van der Waals surface area (Å²) in [5.74, 6) is -0.858. The van der Waals surface area contributed by atoms with Crippen LogP contribution in [0.3, 0.4) is 0 Å². The number of fused-ring (bicyclic) bond motifs is 1. The van der Waals surface area contributed by atoms with E-state index in [1.54, 1.807) is 4.57 Å². The van der Waals surface area contributed by atoms with Gasteiger partial charge in [-0.25, -0.2) is 4.99 Å². The number of hydrogen-bond acceptors (Lipinski definition) is 3. The molecule has 1 aromatic heterocycles. The molecule has 2 aromatic carbocycles. The molecule has 0 amide bonds. The predicted molar refractivity (Wildman–Crippen MR) is 138 cm³/mol. The van der Waals surface area contributed by atoms with Gasteiger partial charge in [-0.3, -0.25) is 9.36 Å². The summed E-state index contributed by atoms with van der Waals surface area (Å²) in [5.41, 5.74) is 0.979. The number of nitrogens with zero attached hydrogens (tertiary/aromatic N) is 2. The molecule has 0 bridgehead atoms. The first-order valence-electron chi connectivity index (χ1n) is 12.7. The van der Waals surface area contributed by atoms with Crippen LogP contribution in [0.5, 0.6) is 0 Å². The van der Waals surface area contributed by atoms with Crippen molar-refractivity contribution in [3.05, 3.63) is 82.5 Å². The minimum Gasteiger partial charge on any atom is -0.341 e. The van der Waals surface area contributed by atoms with Gasteiger partial charge in [0.05, 0.1) is 11.5 Å². The molecule has 0 saturated heterocycles. The summed E-state index contributed by atoms with van der Waals surface area (Å²) in [6.07, 6.45) is 2.45. The highest BCUT2D eigenvalue weighted by Gasteiger charge is 2.46. The van der Waals surface area contributed by atoms with Crippen molar-refractivity contribution >= 4 is 23.0 Å². The van der Waals surface area contributed by atoms with Gasteiger partial charge in [-0.15, -0.1) is 0 Å². The second-order valence-electron chi connectivity index (χ2n) is 9.81. The summed E-state index contributed by atoms with van der Waals surface area (Å²) >= 11 is 0. The number of anilines is 2. The van der Waals surface area contributed by atoms with E-state index < -0.39 is 17.5 Å². The van der Waals surface area contributed by atoms with Gasteiger partial charge < -0.3 is 5.32 Å². The van der Waals surface area contributed by atoms with Crippen LogP contribution in [-0.2, 0) is 0 Å². The number of nitrogens with one attached hydrogen (secondary N) is 1. The molecule has 0 spiro atoms. The largest absolute Gasteiger partial charge is 0.396 e. The van der Waals surface area contributed by atoms with Gasteiger partial charge >= 0.3 is 6.18 Å². The number of hydrogen-bond donors (Lipinski definition) is 1. The summed E-state index contributed by atoms with van der Waals surface area (Å²) in [6.45, 7) is 0. The lowest BCUT2D eigenvalue weighted by Gasteiger charge is -2.30. The van der Waals surface area contributed by atoms with Crippen LogP contribution in [0.25, 0.3) is 5.69 Å². The van der Waals surface area contributed by atoms with E-state index in [-0.39, 0.29) is 17.8 Å². The Bertz CT molecular complexity index is 1280. The zero-order valence-electron chi connectivity index (χ0n) is 20.1. The number of alkyl halides is 3. The zero-order chi connectivity index (χ0) is 25.1. The molecule has 1 fully saturated rings. The van der Waals surface area contributed by atoms with Gasteiger partial charge in [-0.05, 0) is 43.0 Å². The lowest BCUT2D eigenvalue weighted by molar-refractivity contribution is -0.149. The third-order valence-electron chi connectivity index (χ3n) is 7.30. The molecule has 2 heterocycles. The van der Waals surface area contributed by atoms with E-state index in [4.69, 9.17) is 4.99 Å². The Balaban J connectivity index is 1.64. The molecule has 1 atom stereocenters. The monoisotopic (exact) mass is 493 g/mol. The molecular weight excluding hydrogens is 463 g/mol. The van der Waals surface area contributed by atoms with E-state index in [9.17, 15) is 18.0 Å². The molecule has 1 aliphatic carbocycles. The van der Waals surface area contributed by atoms with Crippen molar-refractivity contribution in [2.75, 3.05) is 5.32 Å². The van der Waals surface area contributed by atoms with Gasteiger partial charge in [0.2, 0.25) is 0 Å². The van der Waals surface area contributed by atoms with E-state index in [0.29, 0.717) is 29.6 Å². The number of rotatable bonds is 6. The van der Waals surface area contributed by atoms with Crippen molar-refractivity contribution in [3.63, 3.8) is 0 Å². The summed E-state index contributed by atoms with van der Waals surface area (Å²) in [6, 6.07) is 19.7. The third kappa shape index (κ3) is 5.25. The molecule has 1 N–H and O–H groups in total. The molecule has 4 nitrogen and oxygen atoms in total. The first-order chi connectivity index (χ1) is 17.4. The number of para-hydroxylation sites is 2. The van der Waals surface area contributed by atoms with Crippen molar-refractivity contribution in [1.82, 2.24) is 4.57 Å². The molecule has 0 radical (unpaired) electrons. The maximum atomic E-state index is 14.3. The molecule has 188 valence electrons. The predicted octanol–water partition coefficient (Wildman–Crippen LogP) is 8.06. The minimum absolute atomic E-state index is 0.0827. The SMILES string of the molecule is O=c1cc(Nc2ccccc2)n(-c2ccccc2)c2c1C(C(F)(F)F)CC(CCC1CCCCC1)=N2. The fraction of sp³-hybridized carbons (Fsp3) is 0.379. The van der Waals surface area contributed by atoms with Crippen LogP contribution >= 0.6 is 0 Å². The highest BCUT2D eigenvalue weighted by molar-refractivity contribution is 5.90. The molecule has 36 heavy (non-hydrogen) atoms. The first kappa shape index (κ1) is 24.3. The Kier molecular flexibility index (Phi) is 6.99. The van der Waals surface area contributed by atoms with Crippen molar-refractivity contribution in [3.8, 4) is 5.69 Å². The number of aromatic nitrogens is 1. The molecule has 5 rings (SSSR count). The number of halogens is 3. The fourth-order valence-corrected chi connectivity index (χ4v) is 5.47. The summed E-state index contributed by atoms with van der Waals surface area (Å²) in [4.78, 5) is 18.0. The van der Waals surface area contributed by atoms with Crippen LogP contribution in [0.1, 0.15) is 62.8 Å². The van der Waals surface area contributed by atoms with Gasteiger partial charge in [0, 0.05) is 29.6 Å². The number of pyridine rings is 1. The van der Waals surface area contributed by atoms with E-state index in [1.165, 1.54) is 25.3 Å². The van der Waals surface area contributed by atoms with Crippen molar-refractivity contribution in [1.29, 1.82) is 0 Å². The molecule has 3 aromatic rings. The second kappa shape index (κ2) is 10.3. The number of aliphatic imine (C=N–C) groups is 1. The van der Waals surface area contributed by atoms with Crippen LogP contribution in [0.2, 0.25) is 0 Å². The lowest BCUT2D eigenvalue weighted by Crippen LogP contribution is -2.32. The Morgan fingerprint density at radius 1 is 0.944 bits per heavy atom. The maximum absolute atomic E-state index is 14.3. The standard InChI is InChI=1S/C29H30F3N3O/c30-29(31,32)24-18-22(17-16-20-10-4-1-5-11-20)34-28-27(24)25(36)19-26(33-21-12-6-2-7-13-21)35(28)23-14-8-3-9-15-23/h2-3,6-9,12-15,19-20,24,33H,1,4-5,10-11,16-18H2. The highest BCUT2D eigenvalue weighted by Crippen LogP contribution is 2.45. The van der Waals surface area contributed by atoms with Gasteiger partial charge in [0.15, 0.2) is 5.43 Å². The smallest absolute Gasteiger partial charge is 0.341 e. The topological polar surface area (TPSA) is 46.4 Å². The first-order valence-corrected chi connectivity index (χ1v) is 12.7. The van der Waals surface area contributed by atoms with Crippen molar-refractivity contribution in [2.24, 2.45) is 10.9 Å². The van der Waals surface area contributed by atoms with E-state index in [2.05, 4.69) is 5.32 Å². The molecule has 1 unspecified atom stereocenters. The van der Waals surface area contributed by atoms with Crippen LogP contribution < -0.4 is 10.7 Å². The normalized spacial score (nSPS) is 18.4. The molecular formula is C29H30F3N3O. The van der Waals surface area contributed by atoms with Crippen molar-refractivity contribution in [2.45, 2.75) is 63.5 Å². The molecule has 2 aliphatic rings. The average molecular weight is 494 g/mol. The van der Waals surface area contributed by atoms with E-state index in [1.807, 2.05) is 60.7 Å². The minimum atomic E-state index is -4.54. The molecule has 1 saturated carbocycles. The summed E-state index contributed by atoms with van der Waals surface area (Å²) in [7, 11) is 0. The van der Waals surface area contributed by atoms with Crippen LogP contribution in [0.15, 0.2) is 76.5 Å². The van der Waals surface area contributed by atoms with E-state index >= 15 is 0 Å². The van der Waals surface area contributed by atoms with Crippen molar-refractivity contribution < 1.29 is 13.2 Å². The fourth-order valence-electron chi connectivity index (χ4n) is 5.47. The second-order valence-corrected chi connectivity index (χ2v) is 9.81. The summed E-state index contributed by atoms with van der Waals surface area (Å²) < 4.78 is 44.6. The van der Waals surface area contributed by atoms with E-state index in [0.717, 1.165) is 24.9 Å². The lowest BCUT2D eigenvalue weighted by atomic mass is 9.83. The molecule has 1 aliphatic heterocycles. The Morgan fingerprint density at radius 2 is 1.61 bits per heavy atom. The van der Waals surface area contributed by atoms with Crippen LogP contribution in [0.4, 0.5) is 30.5 Å². The van der Waals surface area contributed by atoms with Crippen LogP contribution in [-0.4, -0.2) is 16.5 Å². The average Bonchev–Trinajstić information content (AvgIpc) is 2.88. The van der Waals surface area contributed by atoms with Gasteiger partial charge in [0.25, 0.3) is 0 Å². The maximum Gasteiger partial charge on any atom is 0.396 e. The van der Waals surface area contributed by atoms with Gasteiger partial charge in [0.1, 0.15) is 11.6 Å². The Morgan fingerprint density at radius 3 is 2.28 bits per heavy atom. The van der Waals surface area contributed by atoms with Crippen LogP contribution in [0, 0.1) is 5.92 Å². The number of benzene rings is 2. The Hall–Kier alpha value is -3.35. The highest BCUT2D eigenvalue weighted by atomic mass is 19.4. The zero-order valence-corrected chi connectivity index (χ0v) is 20.1. The molecule has 7 heteroatoms. The third-order valence-corrected chi connectivity index (χ3v) is 7.30. The Labute approximate surface area is 208 Å². The van der Waals surface area contributed by atoms with Gasteiger partial charge in [-0.1, -0.05) is 68.5 Å². The summed E-state index contributed by atoms with van der Waals surface area (Å²) in [5, 5.41) is 3.23. The van der Waals surface area contributed by atoms with Gasteiger partial charge in [-0.2, -0.15) is 13.2 Å². The quantitative estimate of drug-likeness (QED) is 0.377.